The molecule has 0 saturated carbocycles. The number of piperidine rings is 1. The summed E-state index contributed by atoms with van der Waals surface area (Å²) in [5.74, 6) is 2.47. The van der Waals surface area contributed by atoms with Gasteiger partial charge in [-0.1, -0.05) is 6.07 Å². The van der Waals surface area contributed by atoms with Gasteiger partial charge in [-0.3, -0.25) is 9.20 Å². The molecule has 1 fully saturated rings. The third-order valence-electron chi connectivity index (χ3n) is 4.30. The molecule has 0 bridgehead atoms. The molecule has 1 aromatic heterocycles. The number of rotatable bonds is 5. The smallest absolute Gasteiger partial charge is 0.191 e. The van der Waals surface area contributed by atoms with Gasteiger partial charge in [0, 0.05) is 60.2 Å². The van der Waals surface area contributed by atoms with Crippen LogP contribution in [-0.2, 0) is 10.8 Å². The number of aromatic nitrogens is 1. The van der Waals surface area contributed by atoms with E-state index < -0.39 is 10.8 Å². The van der Waals surface area contributed by atoms with Crippen molar-refractivity contribution < 1.29 is 4.21 Å². The molecule has 1 atom stereocenters. The lowest BCUT2D eigenvalue weighted by Crippen LogP contribution is -2.49. The molecule has 0 amide bonds. The van der Waals surface area contributed by atoms with Crippen LogP contribution in [0.15, 0.2) is 29.4 Å². The number of pyridine rings is 1. The van der Waals surface area contributed by atoms with Crippen molar-refractivity contribution in [3.05, 3.63) is 24.4 Å². The fourth-order valence-electron chi connectivity index (χ4n) is 2.75. The minimum Gasteiger partial charge on any atom is -0.356 e. The molecule has 0 spiro atoms. The molecule has 7 heteroatoms. The minimum atomic E-state index is -0.847. The standard InChI is InChI=1S/C18H31N5OS/c1-18(2,3)25(24)14-11-21-17(19-4)22-15-8-12-23(13-9-15)16-7-5-6-10-20-16/h5-7,10,15H,8-9,11-14H2,1-4H3,(H2,19,21,22). The Bertz CT molecular complexity index is 577. The predicted molar refractivity (Wildman–Crippen MR) is 107 cm³/mol. The monoisotopic (exact) mass is 365 g/mol. The van der Waals surface area contributed by atoms with Gasteiger partial charge in [0.2, 0.25) is 0 Å². The van der Waals surface area contributed by atoms with Crippen LogP contribution >= 0.6 is 0 Å². The Hall–Kier alpha value is -1.63. The van der Waals surface area contributed by atoms with Crippen LogP contribution in [0.5, 0.6) is 0 Å². The average molecular weight is 366 g/mol. The van der Waals surface area contributed by atoms with Gasteiger partial charge in [-0.25, -0.2) is 4.98 Å². The minimum absolute atomic E-state index is 0.170. The molecule has 2 N–H and O–H groups in total. The van der Waals surface area contributed by atoms with E-state index in [-0.39, 0.29) is 4.75 Å². The van der Waals surface area contributed by atoms with Crippen molar-refractivity contribution in [2.75, 3.05) is 37.3 Å². The summed E-state index contributed by atoms with van der Waals surface area (Å²) < 4.78 is 11.9. The highest BCUT2D eigenvalue weighted by Crippen LogP contribution is 2.17. The topological polar surface area (TPSA) is 69.6 Å². The lowest BCUT2D eigenvalue weighted by atomic mass is 10.1. The normalized spacial score (nSPS) is 18.1. The van der Waals surface area contributed by atoms with Crippen molar-refractivity contribution in [2.45, 2.75) is 44.4 Å². The fraction of sp³-hybridized carbons (Fsp3) is 0.667. The van der Waals surface area contributed by atoms with Gasteiger partial charge in [-0.05, 0) is 45.7 Å². The number of anilines is 1. The van der Waals surface area contributed by atoms with Crippen molar-refractivity contribution in [1.82, 2.24) is 15.6 Å². The zero-order valence-corrected chi connectivity index (χ0v) is 16.6. The molecule has 1 unspecified atom stereocenters. The highest BCUT2D eigenvalue weighted by Gasteiger charge is 2.21. The van der Waals surface area contributed by atoms with E-state index in [1.807, 2.05) is 39.1 Å². The highest BCUT2D eigenvalue weighted by atomic mass is 32.2. The Morgan fingerprint density at radius 1 is 1.36 bits per heavy atom. The number of hydrogen-bond acceptors (Lipinski definition) is 4. The molecule has 2 rings (SSSR count). The van der Waals surface area contributed by atoms with Crippen LogP contribution in [0.25, 0.3) is 0 Å². The molecule has 0 aliphatic carbocycles. The molecule has 0 radical (unpaired) electrons. The summed E-state index contributed by atoms with van der Waals surface area (Å²) in [6.07, 6.45) is 3.93. The van der Waals surface area contributed by atoms with Crippen LogP contribution in [0.1, 0.15) is 33.6 Å². The lowest BCUT2D eigenvalue weighted by molar-refractivity contribution is 0.460. The second kappa shape index (κ2) is 9.17. The third kappa shape index (κ3) is 6.30. The van der Waals surface area contributed by atoms with E-state index >= 15 is 0 Å². The van der Waals surface area contributed by atoms with E-state index in [9.17, 15) is 4.21 Å². The molecular weight excluding hydrogens is 334 g/mol. The molecule has 140 valence electrons. The Balaban J connectivity index is 1.73. The summed E-state index contributed by atoms with van der Waals surface area (Å²) in [4.78, 5) is 11.0. The molecule has 25 heavy (non-hydrogen) atoms. The maximum Gasteiger partial charge on any atom is 0.191 e. The van der Waals surface area contributed by atoms with Crippen molar-refractivity contribution in [3.8, 4) is 0 Å². The molecule has 1 saturated heterocycles. The third-order valence-corrected chi connectivity index (χ3v) is 6.24. The van der Waals surface area contributed by atoms with Gasteiger partial charge < -0.3 is 15.5 Å². The van der Waals surface area contributed by atoms with Crippen molar-refractivity contribution in [1.29, 1.82) is 0 Å². The van der Waals surface area contributed by atoms with Gasteiger partial charge in [-0.15, -0.1) is 0 Å². The van der Waals surface area contributed by atoms with Gasteiger partial charge in [0.05, 0.1) is 0 Å². The van der Waals surface area contributed by atoms with Crippen molar-refractivity contribution in [2.24, 2.45) is 4.99 Å². The van der Waals surface area contributed by atoms with E-state index in [0.717, 1.165) is 37.7 Å². The Morgan fingerprint density at radius 3 is 2.64 bits per heavy atom. The molecule has 6 nitrogen and oxygen atoms in total. The van der Waals surface area contributed by atoms with Crippen LogP contribution in [0, 0.1) is 0 Å². The summed E-state index contributed by atoms with van der Waals surface area (Å²) >= 11 is 0. The van der Waals surface area contributed by atoms with Crippen LogP contribution in [0.2, 0.25) is 0 Å². The van der Waals surface area contributed by atoms with E-state index in [1.165, 1.54) is 0 Å². The second-order valence-corrected chi connectivity index (χ2v) is 9.58. The first kappa shape index (κ1) is 19.7. The van der Waals surface area contributed by atoms with E-state index in [4.69, 9.17) is 0 Å². The van der Waals surface area contributed by atoms with E-state index in [2.05, 4.69) is 31.6 Å². The highest BCUT2D eigenvalue weighted by molar-refractivity contribution is 7.86. The van der Waals surface area contributed by atoms with Crippen molar-refractivity contribution in [3.63, 3.8) is 0 Å². The quantitative estimate of drug-likeness (QED) is 0.615. The van der Waals surface area contributed by atoms with Crippen LogP contribution in [0.3, 0.4) is 0 Å². The number of hydrogen-bond donors (Lipinski definition) is 2. The first-order valence-electron chi connectivity index (χ1n) is 8.92. The number of guanidine groups is 1. The molecule has 0 aromatic carbocycles. The first-order chi connectivity index (χ1) is 11.9. The SMILES string of the molecule is CN=C(NCCS(=O)C(C)(C)C)NC1CCN(c2ccccn2)CC1. The van der Waals surface area contributed by atoms with Crippen molar-refractivity contribution >= 4 is 22.6 Å². The Kier molecular flexibility index (Phi) is 7.23. The first-order valence-corrected chi connectivity index (χ1v) is 10.2. The molecule has 1 aliphatic rings. The predicted octanol–water partition coefficient (Wildman–Crippen LogP) is 1.76. The average Bonchev–Trinajstić information content (AvgIpc) is 2.61. The van der Waals surface area contributed by atoms with Crippen LogP contribution in [0.4, 0.5) is 5.82 Å². The molecule has 1 aliphatic heterocycles. The van der Waals surface area contributed by atoms with E-state index in [1.54, 1.807) is 7.05 Å². The molecule has 1 aromatic rings. The van der Waals surface area contributed by atoms with Gasteiger partial charge in [0.1, 0.15) is 5.82 Å². The van der Waals surface area contributed by atoms with Gasteiger partial charge >= 0.3 is 0 Å². The lowest BCUT2D eigenvalue weighted by Gasteiger charge is -2.33. The summed E-state index contributed by atoms with van der Waals surface area (Å²) in [7, 11) is 0.930. The zero-order valence-electron chi connectivity index (χ0n) is 15.8. The molecule has 2 heterocycles. The maximum atomic E-state index is 12.1. The zero-order chi connectivity index (χ0) is 18.3. The molecular formula is C18H31N5OS. The van der Waals surface area contributed by atoms with Gasteiger partial charge in [-0.2, -0.15) is 0 Å². The van der Waals surface area contributed by atoms with Crippen LogP contribution in [-0.4, -0.2) is 58.4 Å². The van der Waals surface area contributed by atoms with Gasteiger partial charge in [0.25, 0.3) is 0 Å². The number of aliphatic imine (C=N–C) groups is 1. The van der Waals surface area contributed by atoms with E-state index in [0.29, 0.717) is 18.3 Å². The summed E-state index contributed by atoms with van der Waals surface area (Å²) in [6.45, 7) is 8.65. The Labute approximate surface area is 154 Å². The largest absolute Gasteiger partial charge is 0.356 e. The number of nitrogens with zero attached hydrogens (tertiary/aromatic N) is 3. The summed E-state index contributed by atoms with van der Waals surface area (Å²) in [5, 5.41) is 6.77. The second-order valence-electron chi connectivity index (χ2n) is 7.25. The summed E-state index contributed by atoms with van der Waals surface area (Å²) in [6, 6.07) is 6.43. The van der Waals surface area contributed by atoms with Crippen LogP contribution < -0.4 is 15.5 Å². The summed E-state index contributed by atoms with van der Waals surface area (Å²) in [5.41, 5.74) is 0. The Morgan fingerprint density at radius 2 is 2.08 bits per heavy atom. The number of nitrogens with one attached hydrogen (secondary N) is 2. The van der Waals surface area contributed by atoms with Gasteiger partial charge in [0.15, 0.2) is 5.96 Å². The fourth-order valence-corrected chi connectivity index (χ4v) is 3.65. The maximum absolute atomic E-state index is 12.1.